The van der Waals surface area contributed by atoms with Crippen LogP contribution in [-0.4, -0.2) is 29.9 Å². The first-order chi connectivity index (χ1) is 10.5. The van der Waals surface area contributed by atoms with Gasteiger partial charge in [-0.05, 0) is 48.9 Å². The minimum atomic E-state index is -0.248. The Kier molecular flexibility index (Phi) is 9.16. The van der Waals surface area contributed by atoms with E-state index in [0.29, 0.717) is 30.6 Å². The molecular weight excluding hydrogens is 301 g/mol. The molecule has 0 fully saturated rings. The predicted molar refractivity (Wildman–Crippen MR) is 89.4 cm³/mol. The van der Waals surface area contributed by atoms with Crippen molar-refractivity contribution in [1.82, 2.24) is 5.32 Å². The Morgan fingerprint density at radius 3 is 2.59 bits per heavy atom. The van der Waals surface area contributed by atoms with Gasteiger partial charge in [0.05, 0.1) is 0 Å². The molecule has 0 saturated carbocycles. The van der Waals surface area contributed by atoms with Crippen LogP contribution in [0.3, 0.4) is 0 Å². The highest BCUT2D eigenvalue weighted by atomic mass is 32.2. The van der Waals surface area contributed by atoms with Crippen molar-refractivity contribution >= 4 is 17.7 Å². The van der Waals surface area contributed by atoms with E-state index in [0.717, 1.165) is 17.7 Å². The molecule has 5 heteroatoms. The molecular formula is C17H26FNO2S. The molecule has 0 aliphatic rings. The first-order valence-electron chi connectivity index (χ1n) is 7.77. The summed E-state index contributed by atoms with van der Waals surface area (Å²) in [5, 5.41) is 12.0. The van der Waals surface area contributed by atoms with Crippen LogP contribution in [0.5, 0.6) is 0 Å². The second-order valence-corrected chi connectivity index (χ2v) is 7.03. The van der Waals surface area contributed by atoms with Crippen molar-refractivity contribution in [2.45, 2.75) is 38.0 Å². The number of aliphatic hydroxyl groups excluding tert-OH is 1. The molecule has 0 heterocycles. The van der Waals surface area contributed by atoms with Gasteiger partial charge in [0, 0.05) is 30.2 Å². The fourth-order valence-corrected chi connectivity index (χ4v) is 3.14. The highest BCUT2D eigenvalue weighted by Crippen LogP contribution is 2.19. The highest BCUT2D eigenvalue weighted by Gasteiger charge is 2.12. The van der Waals surface area contributed by atoms with Crippen molar-refractivity contribution in [3.05, 3.63) is 30.1 Å². The van der Waals surface area contributed by atoms with E-state index in [-0.39, 0.29) is 18.3 Å². The third-order valence-electron chi connectivity index (χ3n) is 3.34. The summed E-state index contributed by atoms with van der Waals surface area (Å²) in [6.45, 7) is 5.07. The third-order valence-corrected chi connectivity index (χ3v) is 4.36. The van der Waals surface area contributed by atoms with Gasteiger partial charge >= 0.3 is 0 Å². The standard InChI is InChI=1S/C17H26FNO2S/c1-13(2)11-14(7-9-20)12-19-17(21)8-10-22-16-5-3-15(18)4-6-16/h3-6,13-14,20H,7-12H2,1-2H3,(H,19,21)/t14-/m0/s1. The molecule has 1 aromatic rings. The summed E-state index contributed by atoms with van der Waals surface area (Å²) in [7, 11) is 0. The maximum absolute atomic E-state index is 12.8. The number of aliphatic hydroxyl groups is 1. The van der Waals surface area contributed by atoms with Gasteiger partial charge in [0.2, 0.25) is 5.91 Å². The van der Waals surface area contributed by atoms with Crippen molar-refractivity contribution in [3.8, 4) is 0 Å². The molecule has 2 N–H and O–H groups in total. The molecule has 22 heavy (non-hydrogen) atoms. The summed E-state index contributed by atoms with van der Waals surface area (Å²) in [6, 6.07) is 6.29. The molecule has 0 spiro atoms. The first-order valence-corrected chi connectivity index (χ1v) is 8.75. The average Bonchev–Trinajstić information content (AvgIpc) is 2.46. The Balaban J connectivity index is 2.23. The van der Waals surface area contributed by atoms with Crippen molar-refractivity contribution in [3.63, 3.8) is 0 Å². The van der Waals surface area contributed by atoms with Gasteiger partial charge < -0.3 is 10.4 Å². The Morgan fingerprint density at radius 1 is 1.32 bits per heavy atom. The van der Waals surface area contributed by atoms with Gasteiger partial charge in [0.1, 0.15) is 5.82 Å². The number of hydrogen-bond acceptors (Lipinski definition) is 3. The fourth-order valence-electron chi connectivity index (χ4n) is 2.29. The topological polar surface area (TPSA) is 49.3 Å². The average molecular weight is 327 g/mol. The lowest BCUT2D eigenvalue weighted by Crippen LogP contribution is -2.30. The molecule has 0 aliphatic carbocycles. The van der Waals surface area contributed by atoms with Crippen LogP contribution in [0.2, 0.25) is 0 Å². The second kappa shape index (κ2) is 10.6. The summed E-state index contributed by atoms with van der Waals surface area (Å²) < 4.78 is 12.8. The van der Waals surface area contributed by atoms with E-state index < -0.39 is 0 Å². The predicted octanol–water partition coefficient (Wildman–Crippen LogP) is 3.47. The van der Waals surface area contributed by atoms with Crippen LogP contribution in [0.25, 0.3) is 0 Å². The lowest BCUT2D eigenvalue weighted by Gasteiger charge is -2.18. The summed E-state index contributed by atoms with van der Waals surface area (Å²) in [6.07, 6.45) is 2.17. The number of amides is 1. The lowest BCUT2D eigenvalue weighted by atomic mass is 9.94. The van der Waals surface area contributed by atoms with Crippen LogP contribution in [0, 0.1) is 17.7 Å². The summed E-state index contributed by atoms with van der Waals surface area (Å²) in [4.78, 5) is 12.8. The molecule has 1 amide bonds. The molecule has 0 saturated heterocycles. The molecule has 124 valence electrons. The van der Waals surface area contributed by atoms with Gasteiger partial charge in [-0.3, -0.25) is 4.79 Å². The van der Waals surface area contributed by atoms with Crippen LogP contribution in [0.15, 0.2) is 29.2 Å². The number of halogens is 1. The number of nitrogens with one attached hydrogen (secondary N) is 1. The summed E-state index contributed by atoms with van der Waals surface area (Å²) in [5.41, 5.74) is 0. The van der Waals surface area contributed by atoms with E-state index >= 15 is 0 Å². The quantitative estimate of drug-likeness (QED) is 0.647. The Morgan fingerprint density at radius 2 is 2.00 bits per heavy atom. The minimum Gasteiger partial charge on any atom is -0.396 e. The smallest absolute Gasteiger partial charge is 0.220 e. The first kappa shape index (κ1) is 19.0. The van der Waals surface area contributed by atoms with Gasteiger partial charge in [-0.1, -0.05) is 13.8 Å². The number of rotatable bonds is 10. The molecule has 0 aliphatic heterocycles. The zero-order chi connectivity index (χ0) is 16.4. The second-order valence-electron chi connectivity index (χ2n) is 5.86. The van der Waals surface area contributed by atoms with Gasteiger partial charge in [-0.2, -0.15) is 0 Å². The zero-order valence-electron chi connectivity index (χ0n) is 13.3. The maximum Gasteiger partial charge on any atom is 0.220 e. The summed E-state index contributed by atoms with van der Waals surface area (Å²) in [5.74, 6) is 1.34. The fraction of sp³-hybridized carbons (Fsp3) is 0.588. The van der Waals surface area contributed by atoms with Crippen LogP contribution in [0.1, 0.15) is 33.1 Å². The van der Waals surface area contributed by atoms with Crippen molar-refractivity contribution in [2.24, 2.45) is 11.8 Å². The SMILES string of the molecule is CC(C)C[C@H](CCO)CNC(=O)CCSc1ccc(F)cc1. The molecule has 0 bridgehead atoms. The maximum atomic E-state index is 12.8. The number of thioether (sulfide) groups is 1. The normalized spacial score (nSPS) is 12.4. The molecule has 1 rings (SSSR count). The molecule has 1 aromatic carbocycles. The van der Waals surface area contributed by atoms with Crippen LogP contribution < -0.4 is 5.32 Å². The molecule has 0 radical (unpaired) electrons. The van der Waals surface area contributed by atoms with Crippen LogP contribution in [0.4, 0.5) is 4.39 Å². The summed E-state index contributed by atoms with van der Waals surface area (Å²) >= 11 is 1.55. The Hall–Kier alpha value is -1.07. The van der Waals surface area contributed by atoms with Crippen molar-refractivity contribution in [2.75, 3.05) is 18.9 Å². The van der Waals surface area contributed by atoms with Crippen LogP contribution >= 0.6 is 11.8 Å². The van der Waals surface area contributed by atoms with E-state index in [1.54, 1.807) is 23.9 Å². The van der Waals surface area contributed by atoms with Crippen molar-refractivity contribution in [1.29, 1.82) is 0 Å². The number of benzene rings is 1. The van der Waals surface area contributed by atoms with E-state index in [1.807, 2.05) is 0 Å². The third kappa shape index (κ3) is 8.39. The Labute approximate surface area is 136 Å². The van der Waals surface area contributed by atoms with Gasteiger partial charge in [0.15, 0.2) is 0 Å². The molecule has 1 atom stereocenters. The monoisotopic (exact) mass is 327 g/mol. The van der Waals surface area contributed by atoms with E-state index in [9.17, 15) is 9.18 Å². The molecule has 3 nitrogen and oxygen atoms in total. The van der Waals surface area contributed by atoms with Gasteiger partial charge in [0.25, 0.3) is 0 Å². The lowest BCUT2D eigenvalue weighted by molar-refractivity contribution is -0.120. The minimum absolute atomic E-state index is 0.0290. The van der Waals surface area contributed by atoms with Crippen molar-refractivity contribution < 1.29 is 14.3 Å². The largest absolute Gasteiger partial charge is 0.396 e. The number of hydrogen-bond donors (Lipinski definition) is 2. The number of carbonyl (C=O) groups is 1. The van der Waals surface area contributed by atoms with Gasteiger partial charge in [-0.15, -0.1) is 11.8 Å². The Bertz CT molecular complexity index is 437. The number of carbonyl (C=O) groups excluding carboxylic acids is 1. The highest BCUT2D eigenvalue weighted by molar-refractivity contribution is 7.99. The molecule has 0 unspecified atom stereocenters. The van der Waals surface area contributed by atoms with E-state index in [2.05, 4.69) is 19.2 Å². The zero-order valence-corrected chi connectivity index (χ0v) is 14.2. The van der Waals surface area contributed by atoms with E-state index in [4.69, 9.17) is 5.11 Å². The van der Waals surface area contributed by atoms with Gasteiger partial charge in [-0.25, -0.2) is 4.39 Å². The molecule has 0 aromatic heterocycles. The van der Waals surface area contributed by atoms with Crippen LogP contribution in [-0.2, 0) is 4.79 Å². The van der Waals surface area contributed by atoms with E-state index in [1.165, 1.54) is 12.1 Å².